The molecule has 18 heavy (non-hydrogen) atoms. The molecule has 1 aliphatic carbocycles. The molecular weight excluding hydrogens is 254 g/mol. The lowest BCUT2D eigenvalue weighted by molar-refractivity contribution is -0.136. The predicted molar refractivity (Wildman–Crippen MR) is 68.1 cm³/mol. The third-order valence-electron chi connectivity index (χ3n) is 3.17. The Balaban J connectivity index is 2.22. The van der Waals surface area contributed by atoms with E-state index in [-0.39, 0.29) is 0 Å². The van der Waals surface area contributed by atoms with Gasteiger partial charge in [0.2, 0.25) is 10.0 Å². The van der Waals surface area contributed by atoms with Gasteiger partial charge in [-0.25, -0.2) is 8.42 Å². The number of hydrogen-bond acceptors (Lipinski definition) is 3. The standard InChI is InChI=1S/C12H15NO4S/c1-8(12(14)15)18(16,17)13-11-6-5-9-3-2-4-10(9)7-11/h5-8,13H,2-4H2,1H3,(H,14,15). The highest BCUT2D eigenvalue weighted by Gasteiger charge is 2.27. The summed E-state index contributed by atoms with van der Waals surface area (Å²) in [6.45, 7) is 1.15. The Bertz CT molecular complexity index is 580. The van der Waals surface area contributed by atoms with Gasteiger partial charge >= 0.3 is 5.97 Å². The molecule has 0 fully saturated rings. The zero-order valence-electron chi connectivity index (χ0n) is 10.0. The Labute approximate surface area is 106 Å². The minimum absolute atomic E-state index is 0.434. The Morgan fingerprint density at radius 2 is 2.00 bits per heavy atom. The minimum Gasteiger partial charge on any atom is -0.480 e. The molecule has 1 unspecified atom stereocenters. The Kier molecular flexibility index (Phi) is 3.30. The summed E-state index contributed by atoms with van der Waals surface area (Å²) >= 11 is 0. The quantitative estimate of drug-likeness (QED) is 0.865. The molecule has 0 amide bonds. The molecule has 1 atom stereocenters. The summed E-state index contributed by atoms with van der Waals surface area (Å²) in [5.41, 5.74) is 2.81. The number of aryl methyl sites for hydroxylation is 2. The molecule has 5 nitrogen and oxygen atoms in total. The monoisotopic (exact) mass is 269 g/mol. The number of benzene rings is 1. The lowest BCUT2D eigenvalue weighted by Gasteiger charge is -2.12. The average Bonchev–Trinajstić information content (AvgIpc) is 2.74. The maximum absolute atomic E-state index is 11.7. The van der Waals surface area contributed by atoms with Crippen molar-refractivity contribution in [3.05, 3.63) is 29.3 Å². The van der Waals surface area contributed by atoms with Gasteiger partial charge in [0.25, 0.3) is 0 Å². The number of fused-ring (bicyclic) bond motifs is 1. The Morgan fingerprint density at radius 3 is 2.67 bits per heavy atom. The first-order valence-corrected chi connectivity index (χ1v) is 7.31. The van der Waals surface area contributed by atoms with Crippen molar-refractivity contribution in [1.29, 1.82) is 0 Å². The number of hydrogen-bond donors (Lipinski definition) is 2. The van der Waals surface area contributed by atoms with Crippen LogP contribution in [0.1, 0.15) is 24.5 Å². The van der Waals surface area contributed by atoms with Crippen LogP contribution in [-0.2, 0) is 27.7 Å². The largest absolute Gasteiger partial charge is 0.480 e. The highest BCUT2D eigenvalue weighted by molar-refractivity contribution is 7.94. The number of carbonyl (C=O) groups is 1. The maximum atomic E-state index is 11.7. The van der Waals surface area contributed by atoms with Crippen LogP contribution in [0.15, 0.2) is 18.2 Å². The zero-order valence-corrected chi connectivity index (χ0v) is 10.8. The molecule has 0 aromatic heterocycles. The summed E-state index contributed by atoms with van der Waals surface area (Å²) in [6.07, 6.45) is 3.05. The van der Waals surface area contributed by atoms with Crippen LogP contribution < -0.4 is 4.72 Å². The molecule has 0 saturated carbocycles. The fourth-order valence-corrected chi connectivity index (χ4v) is 2.92. The minimum atomic E-state index is -3.88. The van der Waals surface area contributed by atoms with Gasteiger partial charge in [0, 0.05) is 5.69 Å². The first kappa shape index (κ1) is 12.9. The van der Waals surface area contributed by atoms with E-state index in [0.29, 0.717) is 5.69 Å². The predicted octanol–water partition coefficient (Wildman–Crippen LogP) is 1.39. The molecule has 0 bridgehead atoms. The molecule has 1 aliphatic rings. The van der Waals surface area contributed by atoms with E-state index in [1.165, 1.54) is 5.56 Å². The number of carboxylic acids is 1. The average molecular weight is 269 g/mol. The first-order valence-electron chi connectivity index (χ1n) is 5.76. The van der Waals surface area contributed by atoms with E-state index in [0.717, 1.165) is 31.7 Å². The second-order valence-corrected chi connectivity index (χ2v) is 6.47. The van der Waals surface area contributed by atoms with Crippen LogP contribution in [0.3, 0.4) is 0 Å². The number of anilines is 1. The van der Waals surface area contributed by atoms with Crippen molar-refractivity contribution in [2.45, 2.75) is 31.4 Å². The normalized spacial score (nSPS) is 16.1. The molecule has 0 heterocycles. The van der Waals surface area contributed by atoms with Crippen LogP contribution in [0.25, 0.3) is 0 Å². The number of sulfonamides is 1. The highest BCUT2D eigenvalue weighted by Crippen LogP contribution is 2.25. The van der Waals surface area contributed by atoms with Crippen LogP contribution in [0.4, 0.5) is 5.69 Å². The summed E-state index contributed by atoms with van der Waals surface area (Å²) in [7, 11) is -3.88. The smallest absolute Gasteiger partial charge is 0.323 e. The van der Waals surface area contributed by atoms with Crippen molar-refractivity contribution >= 4 is 21.7 Å². The van der Waals surface area contributed by atoms with Gasteiger partial charge < -0.3 is 5.11 Å². The van der Waals surface area contributed by atoms with E-state index in [1.807, 2.05) is 6.07 Å². The number of aliphatic carboxylic acids is 1. The summed E-state index contributed by atoms with van der Waals surface area (Å²) in [6, 6.07) is 5.36. The molecule has 2 N–H and O–H groups in total. The van der Waals surface area contributed by atoms with Crippen molar-refractivity contribution in [2.24, 2.45) is 0 Å². The fraction of sp³-hybridized carbons (Fsp3) is 0.417. The second kappa shape index (κ2) is 4.61. The van der Waals surface area contributed by atoms with E-state index >= 15 is 0 Å². The van der Waals surface area contributed by atoms with Crippen LogP contribution in [0.5, 0.6) is 0 Å². The van der Waals surface area contributed by atoms with Crippen LogP contribution >= 0.6 is 0 Å². The van der Waals surface area contributed by atoms with Gasteiger partial charge in [-0.2, -0.15) is 0 Å². The molecule has 6 heteroatoms. The summed E-state index contributed by atoms with van der Waals surface area (Å²) in [5.74, 6) is -1.36. The van der Waals surface area contributed by atoms with Gasteiger partial charge in [-0.05, 0) is 49.4 Å². The van der Waals surface area contributed by atoms with Gasteiger partial charge in [0.1, 0.15) is 0 Å². The van der Waals surface area contributed by atoms with Crippen molar-refractivity contribution in [3.63, 3.8) is 0 Å². The Morgan fingerprint density at radius 1 is 1.33 bits per heavy atom. The van der Waals surface area contributed by atoms with Gasteiger partial charge in [0.05, 0.1) is 0 Å². The molecule has 0 aliphatic heterocycles. The molecule has 98 valence electrons. The van der Waals surface area contributed by atoms with Gasteiger partial charge in [-0.1, -0.05) is 6.07 Å². The molecule has 0 spiro atoms. The zero-order chi connectivity index (χ0) is 13.3. The van der Waals surface area contributed by atoms with E-state index in [1.54, 1.807) is 12.1 Å². The number of nitrogens with one attached hydrogen (secondary N) is 1. The SMILES string of the molecule is CC(C(=O)O)S(=O)(=O)Nc1ccc2c(c1)CCC2. The van der Waals surface area contributed by atoms with Crippen LogP contribution in [-0.4, -0.2) is 24.7 Å². The van der Waals surface area contributed by atoms with Crippen molar-refractivity contribution in [2.75, 3.05) is 4.72 Å². The van der Waals surface area contributed by atoms with E-state index in [2.05, 4.69) is 4.72 Å². The van der Waals surface area contributed by atoms with Crippen LogP contribution in [0.2, 0.25) is 0 Å². The third kappa shape index (κ3) is 2.48. The molecule has 1 aromatic carbocycles. The topological polar surface area (TPSA) is 83.5 Å². The number of carboxylic acid groups (broad SMARTS) is 1. The lowest BCUT2D eigenvalue weighted by Crippen LogP contribution is -2.32. The summed E-state index contributed by atoms with van der Waals surface area (Å²) in [4.78, 5) is 10.7. The van der Waals surface area contributed by atoms with E-state index in [9.17, 15) is 13.2 Å². The molecular formula is C12H15NO4S. The molecule has 0 radical (unpaired) electrons. The molecule has 0 saturated heterocycles. The summed E-state index contributed by atoms with van der Waals surface area (Å²) in [5, 5.41) is 7.26. The summed E-state index contributed by atoms with van der Waals surface area (Å²) < 4.78 is 25.8. The van der Waals surface area contributed by atoms with Gasteiger partial charge in [-0.15, -0.1) is 0 Å². The highest BCUT2D eigenvalue weighted by atomic mass is 32.2. The van der Waals surface area contributed by atoms with Crippen LogP contribution in [0, 0.1) is 0 Å². The van der Waals surface area contributed by atoms with Crippen molar-refractivity contribution in [1.82, 2.24) is 0 Å². The van der Waals surface area contributed by atoms with E-state index in [4.69, 9.17) is 5.11 Å². The number of rotatable bonds is 4. The lowest BCUT2D eigenvalue weighted by atomic mass is 10.1. The molecule has 2 rings (SSSR count). The van der Waals surface area contributed by atoms with Crippen molar-refractivity contribution in [3.8, 4) is 0 Å². The van der Waals surface area contributed by atoms with Gasteiger partial charge in [-0.3, -0.25) is 9.52 Å². The fourth-order valence-electron chi connectivity index (χ4n) is 2.02. The first-order chi connectivity index (χ1) is 8.40. The van der Waals surface area contributed by atoms with Gasteiger partial charge in [0.15, 0.2) is 5.25 Å². The Hall–Kier alpha value is -1.56. The molecule has 1 aromatic rings. The van der Waals surface area contributed by atoms with E-state index < -0.39 is 21.2 Å². The maximum Gasteiger partial charge on any atom is 0.323 e. The second-order valence-electron chi connectivity index (χ2n) is 4.46. The van der Waals surface area contributed by atoms with Crippen molar-refractivity contribution < 1.29 is 18.3 Å². The third-order valence-corrected chi connectivity index (χ3v) is 4.82.